The summed E-state index contributed by atoms with van der Waals surface area (Å²) in [6.07, 6.45) is -8.88. The van der Waals surface area contributed by atoms with Gasteiger partial charge in [-0.3, -0.25) is 4.79 Å². The predicted molar refractivity (Wildman–Crippen MR) is 108 cm³/mol. The van der Waals surface area contributed by atoms with Crippen LogP contribution in [0, 0.1) is 6.92 Å². The lowest BCUT2D eigenvalue weighted by Crippen LogP contribution is -2.61. The number of hydrogen-bond acceptors (Lipinski definition) is 7. The molecule has 6 atom stereocenters. The number of hydrogen-bond donors (Lipinski definition) is 4. The van der Waals surface area contributed by atoms with Crippen LogP contribution < -0.4 is 4.74 Å². The van der Waals surface area contributed by atoms with Crippen LogP contribution in [0.15, 0.2) is 54.6 Å². The van der Waals surface area contributed by atoms with Crippen LogP contribution in [0.2, 0.25) is 0 Å². The Balaban J connectivity index is 1.76. The zero-order valence-electron chi connectivity index (χ0n) is 16.8. The van der Waals surface area contributed by atoms with Crippen LogP contribution in [0.25, 0.3) is 0 Å². The third-order valence-corrected chi connectivity index (χ3v) is 5.12. The van der Waals surface area contributed by atoms with Gasteiger partial charge in [0.2, 0.25) is 0 Å². The van der Waals surface area contributed by atoms with Gasteiger partial charge in [-0.05, 0) is 24.6 Å². The zero-order valence-corrected chi connectivity index (χ0v) is 16.8. The highest BCUT2D eigenvalue weighted by atomic mass is 16.6. The number of carbonyl (C=O) groups is 1. The molecular weight excluding hydrogens is 390 g/mol. The third kappa shape index (κ3) is 4.97. The molecule has 4 N–H and O–H groups in total. The highest BCUT2D eigenvalue weighted by Crippen LogP contribution is 2.25. The largest absolute Gasteiger partial charge is 0.484 e. The number of nitrogens with zero attached hydrogens (tertiary/aromatic N) is 1. The molecule has 0 saturated carbocycles. The summed E-state index contributed by atoms with van der Waals surface area (Å²) in [6.45, 7) is 2.10. The number of ether oxygens (including phenoxy) is 2. The van der Waals surface area contributed by atoms with Crippen molar-refractivity contribution in [3.05, 3.63) is 65.7 Å². The van der Waals surface area contributed by atoms with E-state index < -0.39 is 42.7 Å². The smallest absolute Gasteiger partial charge is 0.254 e. The summed E-state index contributed by atoms with van der Waals surface area (Å²) in [5, 5.41) is 39.3. The molecule has 30 heavy (non-hydrogen) atoms. The van der Waals surface area contributed by atoms with Crippen molar-refractivity contribution in [3.63, 3.8) is 0 Å². The quantitative estimate of drug-likeness (QED) is 0.536. The Hall–Kier alpha value is -2.49. The number of aliphatic hydroxyl groups excluding tert-OH is 4. The second kappa shape index (κ2) is 9.55. The molecule has 1 aliphatic rings. The van der Waals surface area contributed by atoms with Crippen LogP contribution in [0.4, 0.5) is 0 Å². The van der Waals surface area contributed by atoms with Gasteiger partial charge in [0, 0.05) is 7.05 Å². The van der Waals surface area contributed by atoms with Crippen molar-refractivity contribution in [3.8, 4) is 5.75 Å². The highest BCUT2D eigenvalue weighted by Gasteiger charge is 2.47. The van der Waals surface area contributed by atoms with E-state index in [1.54, 1.807) is 0 Å². The van der Waals surface area contributed by atoms with Gasteiger partial charge in [-0.1, -0.05) is 48.0 Å². The standard InChI is InChI=1S/C22H27NO7/c1-13-8-10-15(11-9-13)29-16(14-6-4-3-5-7-14)12-23(2)21(27)20-18(25)17(24)19(26)22(28)30-20/h3-11,16-20,22,24-26,28H,12H2,1-2H3. The molecule has 1 saturated heterocycles. The molecule has 1 amide bonds. The Morgan fingerprint density at radius 3 is 2.27 bits per heavy atom. The van der Waals surface area contributed by atoms with Gasteiger partial charge in [-0.2, -0.15) is 0 Å². The van der Waals surface area contributed by atoms with E-state index >= 15 is 0 Å². The molecule has 6 unspecified atom stereocenters. The molecule has 0 spiro atoms. The molecule has 0 bridgehead atoms. The van der Waals surface area contributed by atoms with E-state index in [2.05, 4.69) is 0 Å². The lowest BCUT2D eigenvalue weighted by molar-refractivity contribution is -0.277. The van der Waals surface area contributed by atoms with E-state index in [0.29, 0.717) is 5.75 Å². The number of rotatable bonds is 6. The van der Waals surface area contributed by atoms with Crippen molar-refractivity contribution >= 4 is 5.91 Å². The lowest BCUT2D eigenvalue weighted by Gasteiger charge is -2.39. The molecule has 162 valence electrons. The van der Waals surface area contributed by atoms with Gasteiger partial charge < -0.3 is 34.8 Å². The minimum atomic E-state index is -1.78. The number of aryl methyl sites for hydroxylation is 1. The average Bonchev–Trinajstić information content (AvgIpc) is 2.75. The summed E-state index contributed by atoms with van der Waals surface area (Å²) in [4.78, 5) is 14.2. The molecule has 0 aromatic heterocycles. The molecule has 2 aromatic rings. The van der Waals surface area contributed by atoms with Gasteiger partial charge in [0.15, 0.2) is 12.4 Å². The molecule has 1 aliphatic heterocycles. The van der Waals surface area contributed by atoms with E-state index in [-0.39, 0.29) is 6.54 Å². The Morgan fingerprint density at radius 2 is 1.63 bits per heavy atom. The highest BCUT2D eigenvalue weighted by molar-refractivity contribution is 5.81. The van der Waals surface area contributed by atoms with Gasteiger partial charge in [0.25, 0.3) is 5.91 Å². The molecule has 0 aliphatic carbocycles. The second-order valence-corrected chi connectivity index (χ2v) is 7.47. The monoisotopic (exact) mass is 417 g/mol. The van der Waals surface area contributed by atoms with Crippen LogP contribution in [0.3, 0.4) is 0 Å². The van der Waals surface area contributed by atoms with Gasteiger partial charge >= 0.3 is 0 Å². The second-order valence-electron chi connectivity index (χ2n) is 7.47. The first-order chi connectivity index (χ1) is 14.3. The summed E-state index contributed by atoms with van der Waals surface area (Å²) in [7, 11) is 1.51. The van der Waals surface area contributed by atoms with E-state index in [1.807, 2.05) is 61.5 Å². The first-order valence-corrected chi connectivity index (χ1v) is 9.69. The fourth-order valence-corrected chi connectivity index (χ4v) is 3.28. The fraction of sp³-hybridized carbons (Fsp3) is 0.409. The van der Waals surface area contributed by atoms with E-state index in [0.717, 1.165) is 11.1 Å². The van der Waals surface area contributed by atoms with E-state index in [9.17, 15) is 25.2 Å². The minimum Gasteiger partial charge on any atom is -0.484 e. The maximum atomic E-state index is 12.9. The van der Waals surface area contributed by atoms with Crippen molar-refractivity contribution in [1.29, 1.82) is 0 Å². The molecule has 3 rings (SSSR count). The molecule has 8 nitrogen and oxygen atoms in total. The van der Waals surface area contributed by atoms with Crippen molar-refractivity contribution < 1.29 is 34.7 Å². The topological polar surface area (TPSA) is 120 Å². The Morgan fingerprint density at radius 1 is 1.00 bits per heavy atom. The van der Waals surface area contributed by atoms with Crippen LogP contribution in [-0.4, -0.2) is 75.5 Å². The van der Waals surface area contributed by atoms with Crippen LogP contribution >= 0.6 is 0 Å². The first kappa shape index (κ1) is 22.2. The number of likely N-dealkylation sites (N-methyl/N-ethyl adjacent to an activating group) is 1. The summed E-state index contributed by atoms with van der Waals surface area (Å²) in [5.41, 5.74) is 1.94. The maximum Gasteiger partial charge on any atom is 0.254 e. The number of aliphatic hydroxyl groups is 4. The first-order valence-electron chi connectivity index (χ1n) is 9.69. The van der Waals surface area contributed by atoms with Crippen LogP contribution in [0.5, 0.6) is 5.75 Å². The van der Waals surface area contributed by atoms with Crippen molar-refractivity contribution in [2.75, 3.05) is 13.6 Å². The Kier molecular flexibility index (Phi) is 7.06. The summed E-state index contributed by atoms with van der Waals surface area (Å²) in [5.74, 6) is -0.0147. The Labute approximate surface area is 174 Å². The summed E-state index contributed by atoms with van der Waals surface area (Å²) in [6, 6.07) is 16.9. The normalized spacial score (nSPS) is 27.3. The van der Waals surface area contributed by atoms with Gasteiger partial charge in [-0.25, -0.2) is 0 Å². The fourth-order valence-electron chi connectivity index (χ4n) is 3.28. The van der Waals surface area contributed by atoms with Gasteiger partial charge in [-0.15, -0.1) is 0 Å². The van der Waals surface area contributed by atoms with Crippen LogP contribution in [0.1, 0.15) is 17.2 Å². The molecule has 8 heteroatoms. The maximum absolute atomic E-state index is 12.9. The number of amides is 1. The van der Waals surface area contributed by atoms with Crippen molar-refractivity contribution in [1.82, 2.24) is 4.90 Å². The van der Waals surface area contributed by atoms with Gasteiger partial charge in [0.05, 0.1) is 6.54 Å². The molecule has 0 radical (unpaired) electrons. The summed E-state index contributed by atoms with van der Waals surface area (Å²) >= 11 is 0. The van der Waals surface area contributed by atoms with Gasteiger partial charge in [0.1, 0.15) is 30.2 Å². The predicted octanol–water partition coefficient (Wildman–Crippen LogP) is 0.373. The van der Waals surface area contributed by atoms with Crippen LogP contribution in [-0.2, 0) is 9.53 Å². The molecule has 1 fully saturated rings. The zero-order chi connectivity index (χ0) is 21.8. The SMILES string of the molecule is Cc1ccc(OC(CN(C)C(=O)C2OC(O)C(O)C(O)C2O)c2ccccc2)cc1. The minimum absolute atomic E-state index is 0.123. The number of benzene rings is 2. The van der Waals surface area contributed by atoms with Crippen molar-refractivity contribution in [2.45, 2.75) is 43.7 Å². The molecular formula is C22H27NO7. The number of carbonyl (C=O) groups excluding carboxylic acids is 1. The Bertz CT molecular complexity index is 829. The molecule has 2 aromatic carbocycles. The van der Waals surface area contributed by atoms with E-state index in [4.69, 9.17) is 9.47 Å². The van der Waals surface area contributed by atoms with Crippen molar-refractivity contribution in [2.24, 2.45) is 0 Å². The summed E-state index contributed by atoms with van der Waals surface area (Å²) < 4.78 is 11.2. The lowest BCUT2D eigenvalue weighted by atomic mass is 9.98. The van der Waals surface area contributed by atoms with E-state index in [1.165, 1.54) is 11.9 Å². The molecule has 1 heterocycles. The average molecular weight is 417 g/mol. The third-order valence-electron chi connectivity index (χ3n) is 5.12.